The lowest BCUT2D eigenvalue weighted by Gasteiger charge is -2.41. The van der Waals surface area contributed by atoms with E-state index >= 15 is 0 Å². The Labute approximate surface area is 306 Å². The number of benzene rings is 2. The SMILES string of the molecule is COc1nc(-c2cccc(-c3cccc4c3CC[C@@H]4Cc3nc(OC)c(CC[C@@H](C)C(=O)O)cc3C(F)(F)F)c2Cl)ccc1CNC1CC(C)(O)C1. The molecule has 276 valence electrons. The monoisotopic (exact) mass is 737 g/mol. The zero-order valence-electron chi connectivity index (χ0n) is 29.6. The van der Waals surface area contributed by atoms with Crippen LogP contribution >= 0.6 is 11.6 Å². The lowest BCUT2D eigenvalue weighted by Crippen LogP contribution is -2.51. The fraction of sp³-hybridized carbons (Fsp3) is 0.425. The Balaban J connectivity index is 1.26. The fourth-order valence-electron chi connectivity index (χ4n) is 7.53. The molecular weight excluding hydrogens is 695 g/mol. The molecule has 0 bridgehead atoms. The molecule has 2 aliphatic carbocycles. The van der Waals surface area contributed by atoms with Crippen LogP contribution < -0.4 is 14.8 Å². The average molecular weight is 738 g/mol. The van der Waals surface area contributed by atoms with Gasteiger partial charge >= 0.3 is 12.1 Å². The number of pyridine rings is 2. The first kappa shape index (κ1) is 37.6. The quantitative estimate of drug-likeness (QED) is 0.125. The Morgan fingerprint density at radius 1 is 1.02 bits per heavy atom. The number of aliphatic hydroxyl groups is 1. The Bertz CT molecular complexity index is 1960. The molecule has 0 saturated heterocycles. The number of carboxylic acids is 1. The van der Waals surface area contributed by atoms with Gasteiger partial charge in [0, 0.05) is 34.8 Å². The predicted molar refractivity (Wildman–Crippen MR) is 193 cm³/mol. The van der Waals surface area contributed by atoms with Crippen molar-refractivity contribution in [1.29, 1.82) is 0 Å². The molecule has 0 aliphatic heterocycles. The maximum Gasteiger partial charge on any atom is 0.418 e. The lowest BCUT2D eigenvalue weighted by molar-refractivity contribution is -0.141. The number of aromatic nitrogens is 2. The molecule has 1 saturated carbocycles. The van der Waals surface area contributed by atoms with Crippen LogP contribution in [0.2, 0.25) is 5.02 Å². The van der Waals surface area contributed by atoms with Gasteiger partial charge in [0.1, 0.15) is 0 Å². The second-order valence-electron chi connectivity index (χ2n) is 14.3. The maximum atomic E-state index is 14.4. The minimum absolute atomic E-state index is 0.0617. The van der Waals surface area contributed by atoms with Gasteiger partial charge in [-0.25, -0.2) is 9.97 Å². The molecule has 12 heteroatoms. The summed E-state index contributed by atoms with van der Waals surface area (Å²) in [6, 6.07) is 16.8. The number of nitrogens with zero attached hydrogens (tertiary/aromatic N) is 2. The molecular formula is C40H43ClF3N3O5. The van der Waals surface area contributed by atoms with E-state index in [0.717, 1.165) is 39.4 Å². The highest BCUT2D eigenvalue weighted by atomic mass is 35.5. The maximum absolute atomic E-state index is 14.4. The Kier molecular flexibility index (Phi) is 10.9. The normalized spacial score (nSPS) is 20.2. The van der Waals surface area contributed by atoms with Crippen molar-refractivity contribution in [3.8, 4) is 34.1 Å². The summed E-state index contributed by atoms with van der Waals surface area (Å²) >= 11 is 7.12. The Morgan fingerprint density at radius 3 is 2.37 bits per heavy atom. The molecule has 2 aliphatic rings. The zero-order valence-corrected chi connectivity index (χ0v) is 30.4. The van der Waals surface area contributed by atoms with Crippen LogP contribution in [-0.2, 0) is 36.8 Å². The average Bonchev–Trinajstić information content (AvgIpc) is 3.51. The van der Waals surface area contributed by atoms with Crippen LogP contribution in [0.4, 0.5) is 13.2 Å². The largest absolute Gasteiger partial charge is 0.481 e. The molecule has 0 amide bonds. The summed E-state index contributed by atoms with van der Waals surface area (Å²) in [6.45, 7) is 3.90. The van der Waals surface area contributed by atoms with Crippen molar-refractivity contribution in [3.63, 3.8) is 0 Å². The van der Waals surface area contributed by atoms with Crippen LogP contribution in [0.25, 0.3) is 22.4 Å². The van der Waals surface area contributed by atoms with Crippen LogP contribution in [0.1, 0.15) is 79.0 Å². The van der Waals surface area contributed by atoms with Crippen LogP contribution in [0, 0.1) is 5.92 Å². The van der Waals surface area contributed by atoms with Gasteiger partial charge in [-0.2, -0.15) is 13.2 Å². The van der Waals surface area contributed by atoms with E-state index in [1.54, 1.807) is 7.11 Å². The molecule has 2 heterocycles. The second-order valence-corrected chi connectivity index (χ2v) is 14.6. The highest BCUT2D eigenvalue weighted by Crippen LogP contribution is 2.45. The summed E-state index contributed by atoms with van der Waals surface area (Å²) in [6.07, 6.45) is -1.66. The first-order valence-corrected chi connectivity index (χ1v) is 17.8. The number of methoxy groups -OCH3 is 2. The zero-order chi connectivity index (χ0) is 37.4. The Hall–Kier alpha value is -4.19. The molecule has 0 spiro atoms. The van der Waals surface area contributed by atoms with Crippen molar-refractivity contribution in [2.45, 2.75) is 89.1 Å². The molecule has 0 unspecified atom stereocenters. The van der Waals surface area contributed by atoms with Gasteiger partial charge in [-0.1, -0.05) is 61.0 Å². The summed E-state index contributed by atoms with van der Waals surface area (Å²) < 4.78 is 54.4. The molecule has 0 radical (unpaired) electrons. The molecule has 1 fully saturated rings. The molecule has 4 aromatic rings. The van der Waals surface area contributed by atoms with E-state index in [-0.39, 0.29) is 48.4 Å². The number of rotatable bonds is 13. The van der Waals surface area contributed by atoms with Crippen LogP contribution in [0.3, 0.4) is 0 Å². The number of hydrogen-bond donors (Lipinski definition) is 3. The number of aliphatic carboxylic acids is 1. The number of ether oxygens (including phenoxy) is 2. The molecule has 2 aromatic heterocycles. The number of carbonyl (C=O) groups is 1. The number of halogens is 4. The van der Waals surface area contributed by atoms with E-state index in [1.165, 1.54) is 14.0 Å². The van der Waals surface area contributed by atoms with Crippen LogP contribution in [0.15, 0.2) is 54.6 Å². The lowest BCUT2D eigenvalue weighted by atomic mass is 9.77. The minimum Gasteiger partial charge on any atom is -0.481 e. The number of carboxylic acid groups (broad SMARTS) is 1. The summed E-state index contributed by atoms with van der Waals surface area (Å²) in [5.41, 5.74) is 4.66. The standard InChI is InChI=1S/C40H43ClF3N3O5/c1-22(38(48)49)11-12-24-17-32(40(42,43)44)34(47-36(24)51-3)18-23-13-15-29-27(23)7-5-8-28(29)30-9-6-10-31(35(30)41)33-16-14-25(37(46-33)52-4)21-45-26-19-39(2,50)20-26/h5-10,14,16-17,22-23,26,45,50H,11-13,15,18-21H2,1-4H3,(H,48,49)/t22-,23-,26?,39?/m1/s1. The third-order valence-electron chi connectivity index (χ3n) is 10.4. The van der Waals surface area contributed by atoms with Crippen molar-refractivity contribution < 1.29 is 37.7 Å². The van der Waals surface area contributed by atoms with E-state index in [1.807, 2.05) is 55.5 Å². The van der Waals surface area contributed by atoms with Crippen molar-refractivity contribution in [3.05, 3.63) is 93.1 Å². The van der Waals surface area contributed by atoms with Gasteiger partial charge in [-0.3, -0.25) is 4.79 Å². The smallest absolute Gasteiger partial charge is 0.418 e. The second kappa shape index (κ2) is 15.0. The van der Waals surface area contributed by atoms with Crippen molar-refractivity contribution in [1.82, 2.24) is 15.3 Å². The summed E-state index contributed by atoms with van der Waals surface area (Å²) in [5, 5.41) is 23.3. The minimum atomic E-state index is -4.65. The van der Waals surface area contributed by atoms with Gasteiger partial charge in [0.2, 0.25) is 11.8 Å². The van der Waals surface area contributed by atoms with Gasteiger partial charge < -0.3 is 25.0 Å². The van der Waals surface area contributed by atoms with Gasteiger partial charge in [0.15, 0.2) is 0 Å². The number of aryl methyl sites for hydroxylation is 1. The van der Waals surface area contributed by atoms with Gasteiger partial charge in [0.05, 0.1) is 47.7 Å². The van der Waals surface area contributed by atoms with Crippen molar-refractivity contribution >= 4 is 17.6 Å². The molecule has 3 N–H and O–H groups in total. The van der Waals surface area contributed by atoms with Crippen LogP contribution in [-0.4, -0.2) is 52.0 Å². The first-order chi connectivity index (χ1) is 24.7. The van der Waals surface area contributed by atoms with E-state index < -0.39 is 29.2 Å². The number of alkyl halides is 3. The molecule has 8 nitrogen and oxygen atoms in total. The third kappa shape index (κ3) is 7.91. The highest BCUT2D eigenvalue weighted by molar-refractivity contribution is 6.36. The number of hydrogen-bond acceptors (Lipinski definition) is 7. The van der Waals surface area contributed by atoms with Gasteiger partial charge in [0.25, 0.3) is 0 Å². The Morgan fingerprint density at radius 2 is 1.69 bits per heavy atom. The highest BCUT2D eigenvalue weighted by Gasteiger charge is 2.39. The number of fused-ring (bicyclic) bond motifs is 1. The van der Waals surface area contributed by atoms with E-state index in [4.69, 9.17) is 26.1 Å². The first-order valence-electron chi connectivity index (χ1n) is 17.5. The summed E-state index contributed by atoms with van der Waals surface area (Å²) in [7, 11) is 2.94. The van der Waals surface area contributed by atoms with Crippen LogP contribution in [0.5, 0.6) is 11.8 Å². The van der Waals surface area contributed by atoms with Gasteiger partial charge in [-0.15, -0.1) is 0 Å². The topological polar surface area (TPSA) is 114 Å². The van der Waals surface area contributed by atoms with E-state index in [9.17, 15) is 28.2 Å². The van der Waals surface area contributed by atoms with Crippen molar-refractivity contribution in [2.24, 2.45) is 5.92 Å². The van der Waals surface area contributed by atoms with Gasteiger partial charge in [-0.05, 0) is 86.6 Å². The molecule has 2 aromatic carbocycles. The van der Waals surface area contributed by atoms with E-state index in [0.29, 0.717) is 48.8 Å². The van der Waals surface area contributed by atoms with E-state index in [2.05, 4.69) is 10.3 Å². The summed E-state index contributed by atoms with van der Waals surface area (Å²) in [5.74, 6) is -1.39. The molecule has 6 rings (SSSR count). The predicted octanol–water partition coefficient (Wildman–Crippen LogP) is 8.43. The third-order valence-corrected chi connectivity index (χ3v) is 10.8. The van der Waals surface area contributed by atoms with Crippen molar-refractivity contribution in [2.75, 3.05) is 14.2 Å². The molecule has 2 atom stereocenters. The number of nitrogens with one attached hydrogen (secondary N) is 1. The molecule has 52 heavy (non-hydrogen) atoms. The fourth-order valence-corrected chi connectivity index (χ4v) is 7.86. The summed E-state index contributed by atoms with van der Waals surface area (Å²) in [4.78, 5) is 20.5.